The summed E-state index contributed by atoms with van der Waals surface area (Å²) in [6.45, 7) is 4.38. The molecule has 4 N–H and O–H groups in total. The van der Waals surface area contributed by atoms with Crippen LogP contribution in [0.2, 0.25) is 0 Å². The van der Waals surface area contributed by atoms with Crippen LogP contribution in [0.1, 0.15) is 33.0 Å². The SMILES string of the molecule is Cc1cc(C(=O)N2CC(N)C(c3ccccc3)C2)cc(S(N)(=O)=O)c1C. The van der Waals surface area contributed by atoms with Gasteiger partial charge in [-0.2, -0.15) is 0 Å². The molecule has 1 heterocycles. The highest BCUT2D eigenvalue weighted by molar-refractivity contribution is 7.89. The van der Waals surface area contributed by atoms with Gasteiger partial charge in [-0.15, -0.1) is 0 Å². The van der Waals surface area contributed by atoms with E-state index in [0.717, 1.165) is 5.56 Å². The molecule has 3 rings (SSSR count). The van der Waals surface area contributed by atoms with Crippen LogP contribution in [0.5, 0.6) is 0 Å². The van der Waals surface area contributed by atoms with Crippen molar-refractivity contribution in [2.45, 2.75) is 30.7 Å². The third-order valence-corrected chi connectivity index (χ3v) is 6.09. The molecule has 0 bridgehead atoms. The van der Waals surface area contributed by atoms with Crippen molar-refractivity contribution in [3.63, 3.8) is 0 Å². The Bertz CT molecular complexity index is 942. The van der Waals surface area contributed by atoms with Crippen LogP contribution in [0.25, 0.3) is 0 Å². The van der Waals surface area contributed by atoms with Crippen molar-refractivity contribution >= 4 is 15.9 Å². The number of sulfonamides is 1. The lowest BCUT2D eigenvalue weighted by atomic mass is 9.95. The van der Waals surface area contributed by atoms with E-state index in [-0.39, 0.29) is 22.8 Å². The molecule has 7 heteroatoms. The van der Waals surface area contributed by atoms with Crippen LogP contribution in [0.15, 0.2) is 47.4 Å². The number of carbonyl (C=O) groups excluding carboxylic acids is 1. The fourth-order valence-corrected chi connectivity index (χ4v) is 4.36. The monoisotopic (exact) mass is 373 g/mol. The van der Waals surface area contributed by atoms with Crippen molar-refractivity contribution in [2.75, 3.05) is 13.1 Å². The van der Waals surface area contributed by atoms with Crippen LogP contribution in [0.4, 0.5) is 0 Å². The van der Waals surface area contributed by atoms with Crippen molar-refractivity contribution in [1.29, 1.82) is 0 Å². The molecule has 138 valence electrons. The van der Waals surface area contributed by atoms with Gasteiger partial charge in [0.05, 0.1) is 4.90 Å². The maximum Gasteiger partial charge on any atom is 0.253 e. The van der Waals surface area contributed by atoms with E-state index in [1.54, 1.807) is 24.8 Å². The lowest BCUT2D eigenvalue weighted by molar-refractivity contribution is 0.0789. The average molecular weight is 373 g/mol. The minimum absolute atomic E-state index is 0.0102. The predicted molar refractivity (Wildman–Crippen MR) is 100 cm³/mol. The largest absolute Gasteiger partial charge is 0.336 e. The minimum atomic E-state index is -3.90. The van der Waals surface area contributed by atoms with E-state index >= 15 is 0 Å². The maximum absolute atomic E-state index is 12.9. The topological polar surface area (TPSA) is 106 Å². The molecule has 1 aliphatic rings. The van der Waals surface area contributed by atoms with Gasteiger partial charge in [-0.25, -0.2) is 13.6 Å². The van der Waals surface area contributed by atoms with Crippen LogP contribution >= 0.6 is 0 Å². The fourth-order valence-electron chi connectivity index (χ4n) is 3.48. The first-order valence-corrected chi connectivity index (χ1v) is 9.97. The Morgan fingerprint density at radius 3 is 2.38 bits per heavy atom. The molecule has 26 heavy (non-hydrogen) atoms. The molecule has 2 unspecified atom stereocenters. The summed E-state index contributed by atoms with van der Waals surface area (Å²) >= 11 is 0. The smallest absolute Gasteiger partial charge is 0.253 e. The van der Waals surface area contributed by atoms with Gasteiger partial charge in [0.2, 0.25) is 10.0 Å². The van der Waals surface area contributed by atoms with Crippen molar-refractivity contribution < 1.29 is 13.2 Å². The van der Waals surface area contributed by atoms with Gasteiger partial charge in [0.15, 0.2) is 0 Å². The highest BCUT2D eigenvalue weighted by Crippen LogP contribution is 2.28. The Morgan fingerprint density at radius 1 is 1.12 bits per heavy atom. The molecule has 0 radical (unpaired) electrons. The van der Waals surface area contributed by atoms with Crippen molar-refractivity contribution in [2.24, 2.45) is 10.9 Å². The molecule has 0 aliphatic carbocycles. The molecule has 0 spiro atoms. The van der Waals surface area contributed by atoms with Crippen molar-refractivity contribution in [3.05, 3.63) is 64.7 Å². The number of carbonyl (C=O) groups is 1. The zero-order chi connectivity index (χ0) is 19.1. The number of aryl methyl sites for hydroxylation is 1. The van der Waals surface area contributed by atoms with Gasteiger partial charge >= 0.3 is 0 Å². The summed E-state index contributed by atoms with van der Waals surface area (Å²) in [6, 6.07) is 12.8. The second kappa shape index (κ2) is 6.83. The van der Waals surface area contributed by atoms with Crippen LogP contribution in [-0.4, -0.2) is 38.4 Å². The first kappa shape index (κ1) is 18.6. The first-order valence-electron chi connectivity index (χ1n) is 8.42. The van der Waals surface area contributed by atoms with Crippen molar-refractivity contribution in [3.8, 4) is 0 Å². The molecule has 1 aliphatic heterocycles. The molecule has 6 nitrogen and oxygen atoms in total. The third kappa shape index (κ3) is 3.51. The molecule has 0 aromatic heterocycles. The van der Waals surface area contributed by atoms with E-state index < -0.39 is 10.0 Å². The average Bonchev–Trinajstić information content (AvgIpc) is 2.98. The second-order valence-corrected chi connectivity index (χ2v) is 8.38. The molecule has 0 saturated carbocycles. The number of nitrogens with zero attached hydrogens (tertiary/aromatic N) is 1. The van der Waals surface area contributed by atoms with Gasteiger partial charge in [0, 0.05) is 30.6 Å². The van der Waals surface area contributed by atoms with E-state index in [1.165, 1.54) is 6.07 Å². The summed E-state index contributed by atoms with van der Waals surface area (Å²) < 4.78 is 23.6. The maximum atomic E-state index is 12.9. The number of benzene rings is 2. The first-order chi connectivity index (χ1) is 12.2. The highest BCUT2D eigenvalue weighted by Gasteiger charge is 2.34. The molecule has 1 saturated heterocycles. The number of primary sulfonamides is 1. The van der Waals surface area contributed by atoms with Gasteiger partial charge < -0.3 is 10.6 Å². The molecule has 2 aromatic carbocycles. The van der Waals surface area contributed by atoms with Gasteiger partial charge in [-0.05, 0) is 42.7 Å². The summed E-state index contributed by atoms with van der Waals surface area (Å²) in [4.78, 5) is 14.6. The Hall–Kier alpha value is -2.22. The molecular weight excluding hydrogens is 350 g/mol. The molecule has 2 atom stereocenters. The Kier molecular flexibility index (Phi) is 4.88. The number of hydrogen-bond acceptors (Lipinski definition) is 4. The normalized spacial score (nSPS) is 20.4. The highest BCUT2D eigenvalue weighted by atomic mass is 32.2. The van der Waals surface area contributed by atoms with Crippen LogP contribution < -0.4 is 10.9 Å². The van der Waals surface area contributed by atoms with Crippen molar-refractivity contribution in [1.82, 2.24) is 4.90 Å². The zero-order valence-corrected chi connectivity index (χ0v) is 15.7. The van der Waals surface area contributed by atoms with Gasteiger partial charge in [-0.1, -0.05) is 30.3 Å². The van der Waals surface area contributed by atoms with Crippen LogP contribution in [-0.2, 0) is 10.0 Å². The van der Waals surface area contributed by atoms with E-state index in [1.807, 2.05) is 30.3 Å². The summed E-state index contributed by atoms with van der Waals surface area (Å²) in [6.07, 6.45) is 0. The lowest BCUT2D eigenvalue weighted by Crippen LogP contribution is -2.32. The standard InChI is InChI=1S/C19H23N3O3S/c1-12-8-15(9-18(13(12)2)26(21,24)25)19(23)22-10-16(17(20)11-22)14-6-4-3-5-7-14/h3-9,16-17H,10-11,20H2,1-2H3,(H2,21,24,25). The summed E-state index contributed by atoms with van der Waals surface area (Å²) in [5.41, 5.74) is 8.95. The van der Waals surface area contributed by atoms with E-state index in [0.29, 0.717) is 29.8 Å². The molecular formula is C19H23N3O3S. The fraction of sp³-hybridized carbons (Fsp3) is 0.316. The van der Waals surface area contributed by atoms with E-state index in [4.69, 9.17) is 10.9 Å². The Labute approximate surface area is 153 Å². The number of nitrogens with two attached hydrogens (primary N) is 2. The summed E-state index contributed by atoms with van der Waals surface area (Å²) in [5.74, 6) is -0.170. The number of hydrogen-bond donors (Lipinski definition) is 2. The quantitative estimate of drug-likeness (QED) is 0.850. The van der Waals surface area contributed by atoms with Gasteiger partial charge in [-0.3, -0.25) is 4.79 Å². The number of amides is 1. The van der Waals surface area contributed by atoms with E-state index in [2.05, 4.69) is 0 Å². The molecule has 1 amide bonds. The molecule has 2 aromatic rings. The third-order valence-electron chi connectivity index (χ3n) is 5.05. The van der Waals surface area contributed by atoms with Crippen LogP contribution in [0, 0.1) is 13.8 Å². The minimum Gasteiger partial charge on any atom is -0.336 e. The predicted octanol–water partition coefficient (Wildman–Crippen LogP) is 1.52. The Morgan fingerprint density at radius 2 is 1.77 bits per heavy atom. The lowest BCUT2D eigenvalue weighted by Gasteiger charge is -2.18. The van der Waals surface area contributed by atoms with Gasteiger partial charge in [0.1, 0.15) is 0 Å². The van der Waals surface area contributed by atoms with E-state index in [9.17, 15) is 13.2 Å². The summed E-state index contributed by atoms with van der Waals surface area (Å²) in [5, 5.41) is 5.30. The van der Waals surface area contributed by atoms with Gasteiger partial charge in [0.25, 0.3) is 5.91 Å². The number of rotatable bonds is 3. The van der Waals surface area contributed by atoms with Crippen LogP contribution in [0.3, 0.4) is 0 Å². The second-order valence-electron chi connectivity index (χ2n) is 6.85. The summed E-state index contributed by atoms with van der Waals surface area (Å²) in [7, 11) is -3.90. The zero-order valence-electron chi connectivity index (χ0n) is 14.8. The Balaban J connectivity index is 1.90. The molecule has 1 fully saturated rings. The number of likely N-dealkylation sites (tertiary alicyclic amines) is 1.